The second kappa shape index (κ2) is 10.6. The van der Waals surface area contributed by atoms with Gasteiger partial charge in [0.2, 0.25) is 0 Å². The van der Waals surface area contributed by atoms with Crippen molar-refractivity contribution < 1.29 is 9.53 Å². The van der Waals surface area contributed by atoms with Crippen molar-refractivity contribution in [2.45, 2.75) is 58.0 Å². The standard InChI is InChI=1S/C31H39N3O2/c1-22(2)30(35)36-31(21-24-15-16-25(31)20-26(24)23-10-5-4-6-11-23)17-19-34(3)18-9-14-29-32-27-12-7-8-13-28(27)33-29/h4-8,10-13,20,22,24-25H,9,14-19,21H2,1-3H3,(H,32,33)/t24-,25-,31+/m1/s1. The molecule has 3 aliphatic rings. The third kappa shape index (κ3) is 5.27. The minimum atomic E-state index is -0.393. The molecule has 3 aliphatic carbocycles. The number of nitrogens with one attached hydrogen (secondary N) is 1. The van der Waals surface area contributed by atoms with Gasteiger partial charge >= 0.3 is 5.97 Å². The molecule has 0 spiro atoms. The SMILES string of the molecule is CC(C)C(=O)O[C@@]1(CCN(C)CCCc2nc3ccccc3[nH]2)C[C@H]2CC[C@@H]1C=C2c1ccccc1. The summed E-state index contributed by atoms with van der Waals surface area (Å²) in [5.41, 5.74) is 4.51. The number of hydrogen-bond donors (Lipinski definition) is 1. The predicted molar refractivity (Wildman–Crippen MR) is 145 cm³/mol. The number of esters is 1. The molecule has 6 rings (SSSR count). The highest BCUT2D eigenvalue weighted by Crippen LogP contribution is 2.53. The number of rotatable bonds is 10. The topological polar surface area (TPSA) is 58.2 Å². The molecule has 5 heteroatoms. The number of allylic oxidation sites excluding steroid dienone is 1. The van der Waals surface area contributed by atoms with Gasteiger partial charge in [-0.25, -0.2) is 4.98 Å². The first-order valence-corrected chi connectivity index (χ1v) is 13.6. The Morgan fingerprint density at radius 3 is 2.61 bits per heavy atom. The lowest BCUT2D eigenvalue weighted by Gasteiger charge is -2.50. The molecule has 3 atom stereocenters. The number of para-hydroxylation sites is 2. The molecule has 0 saturated heterocycles. The van der Waals surface area contributed by atoms with E-state index in [9.17, 15) is 4.79 Å². The molecule has 1 aromatic heterocycles. The average molecular weight is 486 g/mol. The van der Waals surface area contributed by atoms with Crippen LogP contribution in [0.5, 0.6) is 0 Å². The lowest BCUT2D eigenvalue weighted by molar-refractivity contribution is -0.176. The molecular formula is C31H39N3O2. The minimum Gasteiger partial charge on any atom is -0.458 e. The van der Waals surface area contributed by atoms with E-state index in [0.29, 0.717) is 5.92 Å². The van der Waals surface area contributed by atoms with Crippen LogP contribution in [0.15, 0.2) is 60.7 Å². The Morgan fingerprint density at radius 2 is 1.89 bits per heavy atom. The maximum absolute atomic E-state index is 12.8. The molecule has 190 valence electrons. The van der Waals surface area contributed by atoms with Crippen molar-refractivity contribution in [3.8, 4) is 0 Å². The highest BCUT2D eigenvalue weighted by atomic mass is 16.6. The molecule has 0 aliphatic heterocycles. The van der Waals surface area contributed by atoms with Crippen LogP contribution < -0.4 is 0 Å². The van der Waals surface area contributed by atoms with E-state index >= 15 is 0 Å². The molecule has 1 heterocycles. The molecule has 0 radical (unpaired) electrons. The Morgan fingerprint density at radius 1 is 1.11 bits per heavy atom. The third-order valence-corrected chi connectivity index (χ3v) is 8.11. The van der Waals surface area contributed by atoms with Gasteiger partial charge in [-0.1, -0.05) is 62.4 Å². The van der Waals surface area contributed by atoms with Gasteiger partial charge in [-0.15, -0.1) is 0 Å². The fourth-order valence-corrected chi connectivity index (χ4v) is 6.04. The summed E-state index contributed by atoms with van der Waals surface area (Å²) in [4.78, 5) is 23.4. The fraction of sp³-hybridized carbons (Fsp3) is 0.484. The van der Waals surface area contributed by atoms with Crippen LogP contribution in [-0.4, -0.2) is 46.6 Å². The van der Waals surface area contributed by atoms with Crippen LogP contribution >= 0.6 is 0 Å². The Labute approximate surface area is 215 Å². The predicted octanol–water partition coefficient (Wildman–Crippen LogP) is 6.27. The van der Waals surface area contributed by atoms with Crippen molar-refractivity contribution in [2.75, 3.05) is 20.1 Å². The number of carbonyl (C=O) groups excluding carboxylic acids is 1. The molecule has 0 amide bonds. The van der Waals surface area contributed by atoms with Crippen molar-refractivity contribution in [3.63, 3.8) is 0 Å². The van der Waals surface area contributed by atoms with Crippen LogP contribution in [0.25, 0.3) is 16.6 Å². The summed E-state index contributed by atoms with van der Waals surface area (Å²) in [6.07, 6.45) is 8.50. The van der Waals surface area contributed by atoms with E-state index < -0.39 is 5.60 Å². The van der Waals surface area contributed by atoms with Gasteiger partial charge in [0.15, 0.2) is 0 Å². The zero-order chi connectivity index (χ0) is 25.1. The first kappa shape index (κ1) is 24.8. The van der Waals surface area contributed by atoms with E-state index in [1.807, 2.05) is 26.0 Å². The minimum absolute atomic E-state index is 0.0650. The van der Waals surface area contributed by atoms with Gasteiger partial charge in [0.05, 0.1) is 17.0 Å². The quantitative estimate of drug-likeness (QED) is 0.344. The highest BCUT2D eigenvalue weighted by Gasteiger charge is 2.50. The van der Waals surface area contributed by atoms with E-state index in [1.54, 1.807) is 0 Å². The zero-order valence-electron chi connectivity index (χ0n) is 21.9. The number of benzene rings is 2. The number of H-pyrrole nitrogens is 1. The second-order valence-electron chi connectivity index (χ2n) is 11.1. The van der Waals surface area contributed by atoms with Crippen molar-refractivity contribution in [1.82, 2.24) is 14.9 Å². The Bertz CT molecular complexity index is 1180. The van der Waals surface area contributed by atoms with E-state index in [4.69, 9.17) is 9.72 Å². The molecule has 5 nitrogen and oxygen atoms in total. The van der Waals surface area contributed by atoms with E-state index in [0.717, 1.165) is 62.1 Å². The van der Waals surface area contributed by atoms with Gasteiger partial charge in [-0.05, 0) is 68.5 Å². The molecule has 1 fully saturated rings. The molecule has 3 aromatic rings. The first-order chi connectivity index (χ1) is 17.4. The molecule has 1 N–H and O–H groups in total. The van der Waals surface area contributed by atoms with Crippen LogP contribution in [0.4, 0.5) is 0 Å². The molecule has 36 heavy (non-hydrogen) atoms. The Kier molecular flexibility index (Phi) is 7.29. The van der Waals surface area contributed by atoms with E-state index in [-0.39, 0.29) is 17.8 Å². The summed E-state index contributed by atoms with van der Waals surface area (Å²) in [7, 11) is 2.18. The molecular weight excluding hydrogens is 446 g/mol. The van der Waals surface area contributed by atoms with Gasteiger partial charge in [-0.3, -0.25) is 4.79 Å². The van der Waals surface area contributed by atoms with Crippen LogP contribution in [0.1, 0.15) is 57.3 Å². The zero-order valence-corrected chi connectivity index (χ0v) is 21.9. The number of aromatic amines is 1. The van der Waals surface area contributed by atoms with E-state index in [2.05, 4.69) is 65.5 Å². The number of aryl methyl sites for hydroxylation is 1. The first-order valence-electron chi connectivity index (χ1n) is 13.6. The van der Waals surface area contributed by atoms with Gasteiger partial charge in [0.1, 0.15) is 11.4 Å². The number of imidazole rings is 1. The lowest BCUT2D eigenvalue weighted by Crippen LogP contribution is -2.51. The van der Waals surface area contributed by atoms with Crippen LogP contribution in [0, 0.1) is 17.8 Å². The maximum atomic E-state index is 12.8. The van der Waals surface area contributed by atoms with E-state index in [1.165, 1.54) is 17.6 Å². The summed E-state index contributed by atoms with van der Waals surface area (Å²) in [5.74, 6) is 1.61. The third-order valence-electron chi connectivity index (χ3n) is 8.11. The number of hydrogen-bond acceptors (Lipinski definition) is 4. The van der Waals surface area contributed by atoms with Crippen LogP contribution in [-0.2, 0) is 16.0 Å². The molecule has 2 aromatic carbocycles. The fourth-order valence-electron chi connectivity index (χ4n) is 6.04. The largest absolute Gasteiger partial charge is 0.458 e. The normalized spacial score (nSPS) is 23.4. The summed E-state index contributed by atoms with van der Waals surface area (Å²) in [5, 5.41) is 0. The number of nitrogens with zero attached hydrogens (tertiary/aromatic N) is 2. The van der Waals surface area contributed by atoms with Gasteiger partial charge in [0.25, 0.3) is 0 Å². The highest BCUT2D eigenvalue weighted by molar-refractivity contribution is 5.75. The molecule has 1 saturated carbocycles. The molecule has 0 unspecified atom stereocenters. The lowest BCUT2D eigenvalue weighted by atomic mass is 9.60. The Hall–Kier alpha value is -2.92. The maximum Gasteiger partial charge on any atom is 0.308 e. The number of ether oxygens (including phenoxy) is 1. The number of aromatic nitrogens is 2. The summed E-state index contributed by atoms with van der Waals surface area (Å²) in [6.45, 7) is 5.78. The number of fused-ring (bicyclic) bond motifs is 3. The summed E-state index contributed by atoms with van der Waals surface area (Å²) >= 11 is 0. The average Bonchev–Trinajstić information content (AvgIpc) is 3.31. The van der Waals surface area contributed by atoms with Crippen LogP contribution in [0.3, 0.4) is 0 Å². The van der Waals surface area contributed by atoms with Gasteiger partial charge < -0.3 is 14.6 Å². The monoisotopic (exact) mass is 485 g/mol. The van der Waals surface area contributed by atoms with Crippen LogP contribution in [0.2, 0.25) is 0 Å². The van der Waals surface area contributed by atoms with Gasteiger partial charge in [0, 0.05) is 25.3 Å². The van der Waals surface area contributed by atoms with Crippen molar-refractivity contribution in [3.05, 3.63) is 72.1 Å². The number of carbonyl (C=O) groups is 1. The summed E-state index contributed by atoms with van der Waals surface area (Å²) < 4.78 is 6.39. The summed E-state index contributed by atoms with van der Waals surface area (Å²) in [6, 6.07) is 18.9. The van der Waals surface area contributed by atoms with Gasteiger partial charge in [-0.2, -0.15) is 0 Å². The van der Waals surface area contributed by atoms with Crippen molar-refractivity contribution in [2.24, 2.45) is 17.8 Å². The Balaban J connectivity index is 1.23. The smallest absolute Gasteiger partial charge is 0.308 e. The second-order valence-corrected chi connectivity index (χ2v) is 11.1. The molecule has 2 bridgehead atoms. The van der Waals surface area contributed by atoms with Crippen molar-refractivity contribution in [1.29, 1.82) is 0 Å². The van der Waals surface area contributed by atoms with Crippen molar-refractivity contribution >= 4 is 22.6 Å².